The van der Waals surface area contributed by atoms with E-state index in [1.54, 1.807) is 42.5 Å². The largest absolute Gasteiger partial charge is 0.489 e. The van der Waals surface area contributed by atoms with E-state index in [0.717, 1.165) is 5.56 Å². The van der Waals surface area contributed by atoms with Gasteiger partial charge < -0.3 is 4.74 Å². The van der Waals surface area contributed by atoms with Gasteiger partial charge in [-0.3, -0.25) is 4.79 Å². The number of nitrogens with zero attached hydrogens (tertiary/aromatic N) is 1. The van der Waals surface area contributed by atoms with E-state index in [0.29, 0.717) is 11.3 Å². The first-order chi connectivity index (χ1) is 10.1. The zero-order valence-electron chi connectivity index (χ0n) is 11.5. The third-order valence-corrected chi connectivity index (χ3v) is 2.67. The van der Waals surface area contributed by atoms with Crippen molar-refractivity contribution in [2.24, 2.45) is 5.10 Å². The smallest absolute Gasteiger partial charge is 0.236 e. The molecule has 1 N–H and O–H groups in total. The van der Waals surface area contributed by atoms with Crippen LogP contribution >= 0.6 is 0 Å². The summed E-state index contributed by atoms with van der Waals surface area (Å²) in [6.45, 7) is 1.56. The molecule has 4 nitrogen and oxygen atoms in total. The van der Waals surface area contributed by atoms with Crippen molar-refractivity contribution in [3.8, 4) is 5.75 Å². The summed E-state index contributed by atoms with van der Waals surface area (Å²) in [5.41, 5.74) is 3.65. The number of carbonyl (C=O) groups excluding carboxylic acids is 1. The minimum atomic E-state index is -0.281. The van der Waals surface area contributed by atoms with Gasteiger partial charge in [0.1, 0.15) is 18.2 Å². The van der Waals surface area contributed by atoms with Gasteiger partial charge in [-0.25, -0.2) is 9.82 Å². The first-order valence-electron chi connectivity index (χ1n) is 6.41. The number of hydrazone groups is 1. The molecule has 0 heterocycles. The molecule has 2 aromatic rings. The molecule has 108 valence electrons. The van der Waals surface area contributed by atoms with Gasteiger partial charge in [0.15, 0.2) is 0 Å². The molecule has 0 aliphatic heterocycles. The molecule has 0 fully saturated rings. The van der Waals surface area contributed by atoms with E-state index in [1.165, 1.54) is 19.2 Å². The minimum absolute atomic E-state index is 0.173. The molecule has 5 heteroatoms. The Balaban J connectivity index is 1.92. The molecule has 0 saturated heterocycles. The van der Waals surface area contributed by atoms with Crippen molar-refractivity contribution in [1.82, 2.24) is 5.43 Å². The highest BCUT2D eigenvalue weighted by molar-refractivity contribution is 5.81. The Morgan fingerprint density at radius 3 is 2.62 bits per heavy atom. The molecule has 0 aromatic heterocycles. The molecular weight excluding hydrogens is 271 g/mol. The Bertz CT molecular complexity index is 639. The molecule has 21 heavy (non-hydrogen) atoms. The van der Waals surface area contributed by atoms with Crippen molar-refractivity contribution >= 4 is 12.1 Å². The van der Waals surface area contributed by atoms with Crippen molar-refractivity contribution in [2.75, 3.05) is 0 Å². The van der Waals surface area contributed by atoms with Gasteiger partial charge in [0.2, 0.25) is 5.91 Å². The number of nitrogens with one attached hydrogen (secondary N) is 1. The first-order valence-corrected chi connectivity index (χ1v) is 6.41. The second kappa shape index (κ2) is 7.19. The number of ether oxygens (including phenoxy) is 1. The summed E-state index contributed by atoms with van der Waals surface area (Å²) >= 11 is 0. The summed E-state index contributed by atoms with van der Waals surface area (Å²) < 4.78 is 18.9. The molecule has 0 spiro atoms. The van der Waals surface area contributed by atoms with Crippen LogP contribution in [0.5, 0.6) is 5.75 Å². The number of carbonyl (C=O) groups is 1. The van der Waals surface area contributed by atoms with E-state index < -0.39 is 0 Å². The highest BCUT2D eigenvalue weighted by Gasteiger charge is 2.01. The van der Waals surface area contributed by atoms with Gasteiger partial charge in [0, 0.05) is 12.5 Å². The number of hydrogen-bond acceptors (Lipinski definition) is 3. The van der Waals surface area contributed by atoms with Crippen molar-refractivity contribution in [2.45, 2.75) is 13.5 Å². The van der Waals surface area contributed by atoms with Crippen molar-refractivity contribution in [3.63, 3.8) is 0 Å². The first kappa shape index (κ1) is 14.7. The lowest BCUT2D eigenvalue weighted by molar-refractivity contribution is -0.118. The number of rotatable bonds is 5. The Hall–Kier alpha value is -2.69. The summed E-state index contributed by atoms with van der Waals surface area (Å²) in [6, 6.07) is 13.6. The Morgan fingerprint density at radius 1 is 1.24 bits per heavy atom. The van der Waals surface area contributed by atoms with Crippen molar-refractivity contribution in [3.05, 3.63) is 65.5 Å². The highest BCUT2D eigenvalue weighted by atomic mass is 19.1. The molecule has 2 aromatic carbocycles. The second-order valence-corrected chi connectivity index (χ2v) is 4.38. The van der Waals surface area contributed by atoms with Crippen molar-refractivity contribution in [1.29, 1.82) is 0 Å². The van der Waals surface area contributed by atoms with Crippen LogP contribution in [0.4, 0.5) is 4.39 Å². The summed E-state index contributed by atoms with van der Waals surface area (Å²) in [4.78, 5) is 10.7. The number of amides is 1. The lowest BCUT2D eigenvalue weighted by atomic mass is 10.2. The Kier molecular flexibility index (Phi) is 5.04. The molecular formula is C16H15FN2O2. The third-order valence-electron chi connectivity index (χ3n) is 2.67. The van der Waals surface area contributed by atoms with Gasteiger partial charge in [0.05, 0.1) is 6.21 Å². The van der Waals surface area contributed by atoms with Gasteiger partial charge in [-0.15, -0.1) is 0 Å². The average Bonchev–Trinajstić information content (AvgIpc) is 2.47. The summed E-state index contributed by atoms with van der Waals surface area (Å²) in [6.07, 6.45) is 1.53. The van der Waals surface area contributed by atoms with Gasteiger partial charge in [-0.1, -0.05) is 18.2 Å². The van der Waals surface area contributed by atoms with Crippen LogP contribution in [0.1, 0.15) is 18.1 Å². The fourth-order valence-electron chi connectivity index (χ4n) is 1.62. The standard InChI is InChI=1S/C16H15FN2O2/c1-12(20)19-18-10-13-6-8-15(9-7-13)21-11-14-4-2-3-5-16(14)17/h2-10H,11H2,1H3,(H,19,20)/b18-10-. The lowest BCUT2D eigenvalue weighted by Crippen LogP contribution is -2.12. The van der Waals surface area contributed by atoms with Crippen LogP contribution in [0.25, 0.3) is 0 Å². The van der Waals surface area contributed by atoms with Crippen LogP contribution in [-0.4, -0.2) is 12.1 Å². The Morgan fingerprint density at radius 2 is 1.95 bits per heavy atom. The van der Waals surface area contributed by atoms with Gasteiger partial charge in [-0.2, -0.15) is 5.10 Å². The Labute approximate surface area is 122 Å². The molecule has 0 unspecified atom stereocenters. The second-order valence-electron chi connectivity index (χ2n) is 4.38. The highest BCUT2D eigenvalue weighted by Crippen LogP contribution is 2.14. The van der Waals surface area contributed by atoms with E-state index in [9.17, 15) is 9.18 Å². The fraction of sp³-hybridized carbons (Fsp3) is 0.125. The zero-order chi connectivity index (χ0) is 15.1. The summed E-state index contributed by atoms with van der Waals surface area (Å²) in [5.74, 6) is 0.127. The van der Waals surface area contributed by atoms with E-state index in [2.05, 4.69) is 10.5 Å². The van der Waals surface area contributed by atoms with Crippen LogP contribution in [0.15, 0.2) is 53.6 Å². The topological polar surface area (TPSA) is 50.7 Å². The molecule has 2 rings (SSSR count). The van der Waals surface area contributed by atoms with Gasteiger partial charge in [-0.05, 0) is 35.9 Å². The lowest BCUT2D eigenvalue weighted by Gasteiger charge is -2.07. The maximum atomic E-state index is 13.4. The maximum absolute atomic E-state index is 13.4. The molecule has 0 saturated carbocycles. The quantitative estimate of drug-likeness (QED) is 0.678. The van der Waals surface area contributed by atoms with Gasteiger partial charge >= 0.3 is 0 Å². The van der Waals surface area contributed by atoms with E-state index in [-0.39, 0.29) is 18.3 Å². The van der Waals surface area contributed by atoms with E-state index in [1.807, 2.05) is 0 Å². The zero-order valence-corrected chi connectivity index (χ0v) is 11.5. The number of benzene rings is 2. The monoisotopic (exact) mass is 286 g/mol. The van der Waals surface area contributed by atoms with Crippen LogP contribution in [-0.2, 0) is 11.4 Å². The normalized spacial score (nSPS) is 10.6. The predicted molar refractivity (Wildman–Crippen MR) is 78.6 cm³/mol. The van der Waals surface area contributed by atoms with Crippen molar-refractivity contribution < 1.29 is 13.9 Å². The van der Waals surface area contributed by atoms with E-state index in [4.69, 9.17) is 4.74 Å². The molecule has 0 bridgehead atoms. The number of hydrogen-bond donors (Lipinski definition) is 1. The minimum Gasteiger partial charge on any atom is -0.489 e. The maximum Gasteiger partial charge on any atom is 0.236 e. The van der Waals surface area contributed by atoms with E-state index >= 15 is 0 Å². The van der Waals surface area contributed by atoms with Crippen LogP contribution < -0.4 is 10.2 Å². The van der Waals surface area contributed by atoms with Crippen LogP contribution in [0.2, 0.25) is 0 Å². The summed E-state index contributed by atoms with van der Waals surface area (Å²) in [7, 11) is 0. The van der Waals surface area contributed by atoms with Crippen LogP contribution in [0, 0.1) is 5.82 Å². The van der Waals surface area contributed by atoms with Gasteiger partial charge in [0.25, 0.3) is 0 Å². The molecule has 0 aliphatic carbocycles. The molecule has 0 atom stereocenters. The molecule has 1 amide bonds. The SMILES string of the molecule is CC(=O)N/N=C\c1ccc(OCc2ccccc2F)cc1. The average molecular weight is 286 g/mol. The molecule has 0 radical (unpaired) electrons. The molecule has 0 aliphatic rings. The van der Waals surface area contributed by atoms with Crippen LogP contribution in [0.3, 0.4) is 0 Å². The fourth-order valence-corrected chi connectivity index (χ4v) is 1.62. The predicted octanol–water partition coefficient (Wildman–Crippen LogP) is 2.87. The number of halogens is 1. The third kappa shape index (κ3) is 4.72. The summed E-state index contributed by atoms with van der Waals surface area (Å²) in [5, 5.41) is 3.76.